The first-order chi connectivity index (χ1) is 7.54. The van der Waals surface area contributed by atoms with Crippen molar-refractivity contribution >= 4 is 17.4 Å². The molecule has 0 saturated carbocycles. The van der Waals surface area contributed by atoms with Crippen LogP contribution in [0.2, 0.25) is 0 Å². The largest absolute Gasteiger partial charge is 0.338 e. The Balaban J connectivity index is 2.55. The zero-order valence-corrected chi connectivity index (χ0v) is 11.1. The SMILES string of the molecule is CCCNC(=O)NC(C)c1sc(C)nc1C. The molecule has 0 spiro atoms. The minimum atomic E-state index is -0.111. The third-order valence-corrected chi connectivity index (χ3v) is 3.47. The normalized spacial score (nSPS) is 12.2. The molecular formula is C11H19N3OS. The Bertz CT molecular complexity index is 362. The van der Waals surface area contributed by atoms with Gasteiger partial charge >= 0.3 is 6.03 Å². The summed E-state index contributed by atoms with van der Waals surface area (Å²) >= 11 is 1.63. The number of nitrogens with one attached hydrogen (secondary N) is 2. The van der Waals surface area contributed by atoms with Crippen LogP contribution in [0, 0.1) is 13.8 Å². The van der Waals surface area contributed by atoms with Gasteiger partial charge in [0.25, 0.3) is 0 Å². The highest BCUT2D eigenvalue weighted by Gasteiger charge is 2.14. The minimum Gasteiger partial charge on any atom is -0.338 e. The van der Waals surface area contributed by atoms with Gasteiger partial charge in [0.1, 0.15) is 0 Å². The van der Waals surface area contributed by atoms with Gasteiger partial charge in [0, 0.05) is 11.4 Å². The molecule has 1 unspecified atom stereocenters. The number of aromatic nitrogens is 1. The molecule has 0 fully saturated rings. The molecule has 1 aromatic rings. The molecule has 1 aromatic heterocycles. The average Bonchev–Trinajstić information content (AvgIpc) is 2.54. The summed E-state index contributed by atoms with van der Waals surface area (Å²) in [5.41, 5.74) is 1.01. The Hall–Kier alpha value is -1.10. The molecule has 0 aliphatic heterocycles. The molecule has 2 amide bonds. The van der Waals surface area contributed by atoms with Crippen LogP contribution in [0.5, 0.6) is 0 Å². The lowest BCUT2D eigenvalue weighted by Crippen LogP contribution is -2.37. The number of aryl methyl sites for hydroxylation is 2. The van der Waals surface area contributed by atoms with Crippen LogP contribution in [0.3, 0.4) is 0 Å². The zero-order chi connectivity index (χ0) is 12.1. The van der Waals surface area contributed by atoms with Crippen LogP contribution >= 0.6 is 11.3 Å². The summed E-state index contributed by atoms with van der Waals surface area (Å²) in [6, 6.07) is -0.0946. The van der Waals surface area contributed by atoms with Crippen LogP contribution in [-0.2, 0) is 0 Å². The Morgan fingerprint density at radius 2 is 2.19 bits per heavy atom. The number of carbonyl (C=O) groups is 1. The maximum atomic E-state index is 11.5. The van der Waals surface area contributed by atoms with Gasteiger partial charge in [-0.05, 0) is 27.2 Å². The quantitative estimate of drug-likeness (QED) is 0.851. The second-order valence-corrected chi connectivity index (χ2v) is 5.04. The maximum Gasteiger partial charge on any atom is 0.315 e. The molecule has 1 rings (SSSR count). The van der Waals surface area contributed by atoms with Crippen LogP contribution < -0.4 is 10.6 Å². The van der Waals surface area contributed by atoms with Crippen LogP contribution in [0.1, 0.15) is 41.9 Å². The van der Waals surface area contributed by atoms with E-state index in [1.807, 2.05) is 27.7 Å². The summed E-state index contributed by atoms with van der Waals surface area (Å²) in [5, 5.41) is 6.74. The van der Waals surface area contributed by atoms with E-state index in [1.54, 1.807) is 11.3 Å². The molecule has 0 bridgehead atoms. The number of urea groups is 1. The number of nitrogens with zero attached hydrogens (tertiary/aromatic N) is 1. The molecule has 2 N–H and O–H groups in total. The second-order valence-electron chi connectivity index (χ2n) is 3.80. The van der Waals surface area contributed by atoms with Crippen molar-refractivity contribution in [3.05, 3.63) is 15.6 Å². The molecule has 0 saturated heterocycles. The summed E-state index contributed by atoms with van der Waals surface area (Å²) in [6.45, 7) is 8.66. The topological polar surface area (TPSA) is 54.0 Å². The lowest BCUT2D eigenvalue weighted by atomic mass is 10.2. The molecule has 4 nitrogen and oxygen atoms in total. The molecule has 0 radical (unpaired) electrons. The predicted molar refractivity (Wildman–Crippen MR) is 66.8 cm³/mol. The highest BCUT2D eigenvalue weighted by molar-refractivity contribution is 7.11. The number of hydrogen-bond acceptors (Lipinski definition) is 3. The third-order valence-electron chi connectivity index (χ3n) is 2.22. The molecule has 1 atom stereocenters. The van der Waals surface area contributed by atoms with Crippen molar-refractivity contribution < 1.29 is 4.79 Å². The lowest BCUT2D eigenvalue weighted by Gasteiger charge is -2.13. The molecular weight excluding hydrogens is 222 g/mol. The molecule has 5 heteroatoms. The maximum absolute atomic E-state index is 11.5. The molecule has 90 valence electrons. The molecule has 0 aromatic carbocycles. The highest BCUT2D eigenvalue weighted by Crippen LogP contribution is 2.24. The van der Waals surface area contributed by atoms with Crippen molar-refractivity contribution in [1.82, 2.24) is 15.6 Å². The van der Waals surface area contributed by atoms with Crippen LogP contribution in [0.25, 0.3) is 0 Å². The van der Waals surface area contributed by atoms with Crippen molar-refractivity contribution in [1.29, 1.82) is 0 Å². The standard InChI is InChI=1S/C11H19N3OS/c1-5-6-12-11(15)14-8(3)10-7(2)13-9(4)16-10/h8H,5-6H2,1-4H3,(H2,12,14,15). The first-order valence-electron chi connectivity index (χ1n) is 5.52. The van der Waals surface area contributed by atoms with E-state index < -0.39 is 0 Å². The van der Waals surface area contributed by atoms with E-state index in [0.29, 0.717) is 6.54 Å². The lowest BCUT2D eigenvalue weighted by molar-refractivity contribution is 0.238. The van der Waals surface area contributed by atoms with E-state index in [2.05, 4.69) is 15.6 Å². The second kappa shape index (κ2) is 5.84. The summed E-state index contributed by atoms with van der Waals surface area (Å²) in [7, 11) is 0. The van der Waals surface area contributed by atoms with E-state index in [1.165, 1.54) is 0 Å². The fourth-order valence-electron chi connectivity index (χ4n) is 1.50. The Labute approximate surface area is 100 Å². The highest BCUT2D eigenvalue weighted by atomic mass is 32.1. The van der Waals surface area contributed by atoms with Gasteiger partial charge in [0.2, 0.25) is 0 Å². The summed E-state index contributed by atoms with van der Waals surface area (Å²) in [6.07, 6.45) is 0.945. The molecule has 0 aliphatic rings. The van der Waals surface area contributed by atoms with Gasteiger partial charge < -0.3 is 10.6 Å². The van der Waals surface area contributed by atoms with Gasteiger partial charge in [-0.1, -0.05) is 6.92 Å². The number of rotatable bonds is 4. The fourth-order valence-corrected chi connectivity index (χ4v) is 2.43. The molecule has 0 aliphatic carbocycles. The summed E-state index contributed by atoms with van der Waals surface area (Å²) in [4.78, 5) is 16.9. The number of carbonyl (C=O) groups excluding carboxylic acids is 1. The summed E-state index contributed by atoms with van der Waals surface area (Å²) < 4.78 is 0. The van der Waals surface area contributed by atoms with E-state index in [9.17, 15) is 4.79 Å². The zero-order valence-electron chi connectivity index (χ0n) is 10.3. The summed E-state index contributed by atoms with van der Waals surface area (Å²) in [5.74, 6) is 0. The number of hydrogen-bond donors (Lipinski definition) is 2. The van der Waals surface area contributed by atoms with Crippen LogP contribution in [-0.4, -0.2) is 17.6 Å². The Kier molecular flexibility index (Phi) is 4.73. The van der Waals surface area contributed by atoms with Crippen molar-refractivity contribution in [2.75, 3.05) is 6.54 Å². The van der Waals surface area contributed by atoms with Crippen LogP contribution in [0.15, 0.2) is 0 Å². The van der Waals surface area contributed by atoms with Crippen molar-refractivity contribution in [3.63, 3.8) is 0 Å². The smallest absolute Gasteiger partial charge is 0.315 e. The Morgan fingerprint density at radius 1 is 1.50 bits per heavy atom. The van der Waals surface area contributed by atoms with Crippen molar-refractivity contribution in [2.45, 2.75) is 40.2 Å². The predicted octanol–water partition coefficient (Wildman–Crippen LogP) is 2.53. The van der Waals surface area contributed by atoms with Crippen LogP contribution in [0.4, 0.5) is 4.79 Å². The van der Waals surface area contributed by atoms with E-state index in [0.717, 1.165) is 22.0 Å². The first kappa shape index (κ1) is 13.0. The number of thiazole rings is 1. The van der Waals surface area contributed by atoms with E-state index in [-0.39, 0.29) is 12.1 Å². The first-order valence-corrected chi connectivity index (χ1v) is 6.34. The third kappa shape index (κ3) is 3.48. The fraction of sp³-hybridized carbons (Fsp3) is 0.636. The number of amides is 2. The van der Waals surface area contributed by atoms with Gasteiger partial charge in [-0.3, -0.25) is 0 Å². The van der Waals surface area contributed by atoms with Gasteiger partial charge in [0.15, 0.2) is 0 Å². The molecule has 16 heavy (non-hydrogen) atoms. The van der Waals surface area contributed by atoms with Gasteiger partial charge in [0.05, 0.1) is 16.7 Å². The average molecular weight is 241 g/mol. The van der Waals surface area contributed by atoms with Crippen molar-refractivity contribution in [3.8, 4) is 0 Å². The van der Waals surface area contributed by atoms with Gasteiger partial charge in [-0.2, -0.15) is 0 Å². The molecule has 1 heterocycles. The van der Waals surface area contributed by atoms with Crippen molar-refractivity contribution in [2.24, 2.45) is 0 Å². The van der Waals surface area contributed by atoms with E-state index in [4.69, 9.17) is 0 Å². The van der Waals surface area contributed by atoms with Gasteiger partial charge in [-0.15, -0.1) is 11.3 Å². The van der Waals surface area contributed by atoms with Gasteiger partial charge in [-0.25, -0.2) is 9.78 Å². The Morgan fingerprint density at radius 3 is 2.69 bits per heavy atom. The minimum absolute atomic E-state index is 0.0167. The van der Waals surface area contributed by atoms with E-state index >= 15 is 0 Å². The monoisotopic (exact) mass is 241 g/mol.